The summed E-state index contributed by atoms with van der Waals surface area (Å²) in [5, 5.41) is 9.61. The first-order valence-electron chi connectivity index (χ1n) is 10.6. The maximum absolute atomic E-state index is 12.9. The van der Waals surface area contributed by atoms with Crippen molar-refractivity contribution in [2.45, 2.75) is 25.8 Å². The largest absolute Gasteiger partial charge is 0.340 e. The summed E-state index contributed by atoms with van der Waals surface area (Å²) >= 11 is 0. The maximum atomic E-state index is 12.9. The van der Waals surface area contributed by atoms with Gasteiger partial charge in [0.25, 0.3) is 17.7 Å². The van der Waals surface area contributed by atoms with Crippen LogP contribution in [0.2, 0.25) is 0 Å². The van der Waals surface area contributed by atoms with E-state index in [1.807, 2.05) is 30.3 Å². The highest BCUT2D eigenvalue weighted by atomic mass is 16.2. The number of carbonyl (C=O) groups is 3. The van der Waals surface area contributed by atoms with Crippen molar-refractivity contribution in [2.24, 2.45) is 0 Å². The van der Waals surface area contributed by atoms with E-state index >= 15 is 0 Å². The second kappa shape index (κ2) is 8.26. The first-order valence-corrected chi connectivity index (χ1v) is 10.6. The highest BCUT2D eigenvalue weighted by Crippen LogP contribution is 2.26. The normalized spacial score (nSPS) is 15.8. The average Bonchev–Trinajstić information content (AvgIpc) is 3.39. The Morgan fingerprint density at radius 2 is 1.72 bits per heavy atom. The van der Waals surface area contributed by atoms with Gasteiger partial charge in [0.2, 0.25) is 11.9 Å². The molecule has 3 amide bonds. The van der Waals surface area contributed by atoms with Gasteiger partial charge in [0, 0.05) is 18.7 Å². The van der Waals surface area contributed by atoms with Gasteiger partial charge in [0.05, 0.1) is 17.7 Å². The van der Waals surface area contributed by atoms with Crippen molar-refractivity contribution in [3.8, 4) is 0 Å². The van der Waals surface area contributed by atoms with Crippen LogP contribution in [0.4, 0.5) is 11.9 Å². The fraction of sp³-hybridized carbons (Fsp3) is 0.261. The van der Waals surface area contributed by atoms with Crippen molar-refractivity contribution in [3.63, 3.8) is 0 Å². The Morgan fingerprint density at radius 1 is 0.969 bits per heavy atom. The summed E-state index contributed by atoms with van der Waals surface area (Å²) in [6.07, 6.45) is 3.39. The fourth-order valence-electron chi connectivity index (χ4n) is 4.07. The number of fused-ring (bicyclic) bond motifs is 1. The van der Waals surface area contributed by atoms with Crippen molar-refractivity contribution in [1.29, 1.82) is 0 Å². The fourth-order valence-corrected chi connectivity index (χ4v) is 4.07. The van der Waals surface area contributed by atoms with Crippen LogP contribution in [-0.4, -0.2) is 50.9 Å². The van der Waals surface area contributed by atoms with Crippen LogP contribution in [0.25, 0.3) is 0 Å². The molecule has 2 aliphatic heterocycles. The minimum atomic E-state index is -0.434. The maximum Gasteiger partial charge on any atom is 0.261 e. The van der Waals surface area contributed by atoms with Gasteiger partial charge < -0.3 is 4.90 Å². The molecule has 0 bridgehead atoms. The Kier molecular flexibility index (Phi) is 5.14. The second-order valence-corrected chi connectivity index (χ2v) is 7.93. The summed E-state index contributed by atoms with van der Waals surface area (Å²) in [4.78, 5) is 45.9. The van der Waals surface area contributed by atoms with Crippen molar-refractivity contribution >= 4 is 29.6 Å². The molecule has 162 valence electrons. The minimum absolute atomic E-state index is 0.187. The van der Waals surface area contributed by atoms with E-state index in [4.69, 9.17) is 0 Å². The van der Waals surface area contributed by atoms with Crippen LogP contribution in [0, 0.1) is 0 Å². The number of H-pyrrole nitrogens is 1. The van der Waals surface area contributed by atoms with Gasteiger partial charge in [-0.2, -0.15) is 4.98 Å². The molecule has 0 atom stereocenters. The third kappa shape index (κ3) is 3.73. The molecule has 2 N–H and O–H groups in total. The van der Waals surface area contributed by atoms with E-state index in [2.05, 4.69) is 25.4 Å². The molecule has 0 radical (unpaired) electrons. The van der Waals surface area contributed by atoms with Crippen LogP contribution in [0.15, 0.2) is 48.5 Å². The van der Waals surface area contributed by atoms with Gasteiger partial charge in [0.1, 0.15) is 0 Å². The Hall–Kier alpha value is -4.01. The smallest absolute Gasteiger partial charge is 0.261 e. The van der Waals surface area contributed by atoms with Gasteiger partial charge in [-0.15, -0.1) is 5.10 Å². The van der Waals surface area contributed by atoms with Gasteiger partial charge in [-0.3, -0.25) is 24.6 Å². The number of hydrogen-bond donors (Lipinski definition) is 2. The van der Waals surface area contributed by atoms with E-state index in [1.165, 1.54) is 29.5 Å². The van der Waals surface area contributed by atoms with Crippen molar-refractivity contribution in [2.75, 3.05) is 23.3 Å². The monoisotopic (exact) mass is 430 g/mol. The molecule has 3 aromatic rings. The highest BCUT2D eigenvalue weighted by Gasteiger charge is 2.36. The van der Waals surface area contributed by atoms with Crippen molar-refractivity contribution in [3.05, 3.63) is 70.8 Å². The van der Waals surface area contributed by atoms with Crippen LogP contribution < -0.4 is 10.2 Å². The Morgan fingerprint density at radius 3 is 2.50 bits per heavy atom. The molecule has 1 aromatic heterocycles. The van der Waals surface area contributed by atoms with Gasteiger partial charge in [0.15, 0.2) is 0 Å². The van der Waals surface area contributed by atoms with Crippen LogP contribution in [0.1, 0.15) is 55.9 Å². The number of piperidine rings is 1. The third-order valence-corrected chi connectivity index (χ3v) is 5.76. The average molecular weight is 430 g/mol. The SMILES string of the molecule is O=C(Nc1nc(N2CCCCC2)n[nH]1)c1ccc2c(c1)C(=O)N(Cc1ccccc1)C2=O. The molecule has 0 aliphatic carbocycles. The Bertz CT molecular complexity index is 1180. The number of amides is 3. The zero-order chi connectivity index (χ0) is 22.1. The number of carbonyl (C=O) groups excluding carboxylic acids is 3. The van der Waals surface area contributed by atoms with Gasteiger partial charge in [-0.05, 0) is 43.0 Å². The Balaban J connectivity index is 1.30. The van der Waals surface area contributed by atoms with Crippen LogP contribution >= 0.6 is 0 Å². The number of nitrogens with one attached hydrogen (secondary N) is 2. The van der Waals surface area contributed by atoms with Crippen molar-refractivity contribution in [1.82, 2.24) is 20.1 Å². The number of hydrogen-bond acceptors (Lipinski definition) is 6. The van der Waals surface area contributed by atoms with E-state index in [9.17, 15) is 14.4 Å². The number of rotatable bonds is 5. The summed E-state index contributed by atoms with van der Waals surface area (Å²) in [6.45, 7) is 1.98. The molecular weight excluding hydrogens is 408 g/mol. The number of anilines is 2. The predicted octanol–water partition coefficient (Wildman–Crippen LogP) is 2.84. The third-order valence-electron chi connectivity index (χ3n) is 5.76. The topological polar surface area (TPSA) is 111 Å². The Labute approximate surface area is 184 Å². The lowest BCUT2D eigenvalue weighted by molar-refractivity contribution is 0.0642. The van der Waals surface area contributed by atoms with Crippen LogP contribution in [0.3, 0.4) is 0 Å². The van der Waals surface area contributed by atoms with Gasteiger partial charge in [-0.1, -0.05) is 30.3 Å². The minimum Gasteiger partial charge on any atom is -0.340 e. The molecule has 1 saturated heterocycles. The molecule has 9 nitrogen and oxygen atoms in total. The van der Waals surface area contributed by atoms with E-state index in [-0.39, 0.29) is 29.5 Å². The molecule has 5 rings (SSSR count). The second-order valence-electron chi connectivity index (χ2n) is 7.93. The van der Waals surface area contributed by atoms with Crippen molar-refractivity contribution < 1.29 is 14.4 Å². The molecule has 3 heterocycles. The molecule has 1 fully saturated rings. The van der Waals surface area contributed by atoms with Crippen LogP contribution in [-0.2, 0) is 6.54 Å². The number of benzene rings is 2. The van der Waals surface area contributed by atoms with Gasteiger partial charge in [-0.25, -0.2) is 5.10 Å². The quantitative estimate of drug-likeness (QED) is 0.602. The molecule has 2 aliphatic rings. The lowest BCUT2D eigenvalue weighted by Gasteiger charge is -2.24. The summed E-state index contributed by atoms with van der Waals surface area (Å²) in [7, 11) is 0. The predicted molar refractivity (Wildman–Crippen MR) is 117 cm³/mol. The van der Waals surface area contributed by atoms with E-state index in [0.717, 1.165) is 31.5 Å². The zero-order valence-corrected chi connectivity index (χ0v) is 17.4. The molecule has 0 saturated carbocycles. The highest BCUT2D eigenvalue weighted by molar-refractivity contribution is 6.22. The molecular formula is C23H22N6O3. The summed E-state index contributed by atoms with van der Waals surface area (Å²) < 4.78 is 0. The molecule has 0 unspecified atom stereocenters. The number of imide groups is 1. The number of nitrogens with zero attached hydrogens (tertiary/aromatic N) is 4. The molecule has 32 heavy (non-hydrogen) atoms. The van der Waals surface area contributed by atoms with E-state index < -0.39 is 11.8 Å². The summed E-state index contributed by atoms with van der Waals surface area (Å²) in [6, 6.07) is 13.8. The van der Waals surface area contributed by atoms with Gasteiger partial charge >= 0.3 is 0 Å². The summed E-state index contributed by atoms with van der Waals surface area (Å²) in [5.41, 5.74) is 1.65. The number of aromatic nitrogens is 3. The first kappa shape index (κ1) is 19.9. The lowest BCUT2D eigenvalue weighted by Crippen LogP contribution is -2.30. The molecule has 2 aromatic carbocycles. The van der Waals surface area contributed by atoms with E-state index in [1.54, 1.807) is 0 Å². The number of aromatic amines is 1. The summed E-state index contributed by atoms with van der Waals surface area (Å²) in [5.74, 6) is -0.399. The first-order chi connectivity index (χ1) is 15.6. The molecule has 9 heteroatoms. The standard InChI is InChI=1S/C23H22N6O3/c30-19(24-22-25-23(27-26-22)28-11-5-2-6-12-28)16-9-10-17-18(13-16)21(32)29(20(17)31)14-15-7-3-1-4-8-15/h1,3-4,7-10,13H,2,5-6,11-12,14H2,(H2,24,25,26,27,30). The zero-order valence-electron chi connectivity index (χ0n) is 17.4. The lowest BCUT2D eigenvalue weighted by atomic mass is 10.1. The van der Waals surface area contributed by atoms with Crippen LogP contribution in [0.5, 0.6) is 0 Å². The molecule has 0 spiro atoms. The van der Waals surface area contributed by atoms with E-state index in [0.29, 0.717) is 11.5 Å².